The lowest BCUT2D eigenvalue weighted by molar-refractivity contribution is -0.0548. The average Bonchev–Trinajstić information content (AvgIpc) is 2.25. The standard InChI is InChI=1S/C9H9F3O4S.H3N/c1-15-8-5-3-2-4-7(8)6-16-17(13,14)9(10,11)12;/h2-5H,6H2,1H3;1H3. The molecule has 0 saturated carbocycles. The molecule has 0 bridgehead atoms. The first-order valence-electron chi connectivity index (χ1n) is 4.35. The molecule has 0 aliphatic carbocycles. The summed E-state index contributed by atoms with van der Waals surface area (Å²) in [7, 11) is -4.26. The summed E-state index contributed by atoms with van der Waals surface area (Å²) in [6, 6.07) is 6.02. The van der Waals surface area contributed by atoms with Gasteiger partial charge in [-0.05, 0) is 6.07 Å². The molecule has 0 amide bonds. The first-order chi connectivity index (χ1) is 7.78. The van der Waals surface area contributed by atoms with E-state index in [2.05, 4.69) is 4.18 Å². The predicted molar refractivity (Wildman–Crippen MR) is 57.8 cm³/mol. The summed E-state index contributed by atoms with van der Waals surface area (Å²) < 4.78 is 65.9. The van der Waals surface area contributed by atoms with E-state index >= 15 is 0 Å². The van der Waals surface area contributed by atoms with Crippen LogP contribution in [-0.2, 0) is 20.9 Å². The van der Waals surface area contributed by atoms with E-state index < -0.39 is 22.2 Å². The number of ether oxygens (including phenoxy) is 1. The fraction of sp³-hybridized carbons (Fsp3) is 0.333. The molecule has 0 heterocycles. The minimum Gasteiger partial charge on any atom is -0.496 e. The van der Waals surface area contributed by atoms with Crippen LogP contribution in [0.25, 0.3) is 0 Å². The van der Waals surface area contributed by atoms with Crippen molar-refractivity contribution in [2.24, 2.45) is 0 Å². The lowest BCUT2D eigenvalue weighted by Crippen LogP contribution is -2.25. The van der Waals surface area contributed by atoms with Gasteiger partial charge in [-0.1, -0.05) is 18.2 Å². The third-order valence-electron chi connectivity index (χ3n) is 1.85. The van der Waals surface area contributed by atoms with Gasteiger partial charge in [0.2, 0.25) is 0 Å². The van der Waals surface area contributed by atoms with Crippen LogP contribution in [0.3, 0.4) is 0 Å². The van der Waals surface area contributed by atoms with Crippen molar-refractivity contribution >= 4 is 10.1 Å². The molecule has 9 heteroatoms. The molecule has 0 spiro atoms. The summed E-state index contributed by atoms with van der Waals surface area (Å²) in [6.07, 6.45) is 0. The second-order valence-corrected chi connectivity index (χ2v) is 4.58. The van der Waals surface area contributed by atoms with Gasteiger partial charge in [0.25, 0.3) is 0 Å². The van der Waals surface area contributed by atoms with Crippen molar-refractivity contribution in [3.63, 3.8) is 0 Å². The third-order valence-corrected chi connectivity index (χ3v) is 2.84. The maximum absolute atomic E-state index is 12.0. The minimum atomic E-state index is -5.58. The van der Waals surface area contributed by atoms with Crippen LogP contribution in [0.2, 0.25) is 0 Å². The van der Waals surface area contributed by atoms with Gasteiger partial charge in [-0.2, -0.15) is 21.6 Å². The van der Waals surface area contributed by atoms with Gasteiger partial charge in [0.1, 0.15) is 5.75 Å². The van der Waals surface area contributed by atoms with Gasteiger partial charge in [-0.15, -0.1) is 0 Å². The molecule has 3 N–H and O–H groups in total. The first kappa shape index (κ1) is 16.7. The fourth-order valence-electron chi connectivity index (χ4n) is 1.03. The number of para-hydroxylation sites is 1. The highest BCUT2D eigenvalue weighted by Gasteiger charge is 2.47. The fourth-order valence-corrected chi connectivity index (χ4v) is 1.45. The van der Waals surface area contributed by atoms with Gasteiger partial charge in [0, 0.05) is 5.56 Å². The molecule has 18 heavy (non-hydrogen) atoms. The van der Waals surface area contributed by atoms with Gasteiger partial charge in [0.05, 0.1) is 13.7 Å². The number of benzene rings is 1. The number of rotatable bonds is 4. The Bertz CT molecular complexity index is 487. The Balaban J connectivity index is 0.00000289. The molecular weight excluding hydrogens is 275 g/mol. The summed E-state index contributed by atoms with van der Waals surface area (Å²) >= 11 is 0. The SMILES string of the molecule is COc1ccccc1COS(=O)(=O)C(F)(F)F.N. The van der Waals surface area contributed by atoms with Crippen molar-refractivity contribution in [1.82, 2.24) is 6.15 Å². The Morgan fingerprint density at radius 1 is 1.22 bits per heavy atom. The van der Waals surface area contributed by atoms with E-state index in [0.717, 1.165) is 0 Å². The Morgan fingerprint density at radius 2 is 1.78 bits per heavy atom. The van der Waals surface area contributed by atoms with Crippen molar-refractivity contribution in [3.05, 3.63) is 29.8 Å². The van der Waals surface area contributed by atoms with Crippen molar-refractivity contribution in [2.45, 2.75) is 12.1 Å². The summed E-state index contributed by atoms with van der Waals surface area (Å²) in [5.41, 5.74) is -5.21. The van der Waals surface area contributed by atoms with Crippen LogP contribution in [-0.4, -0.2) is 21.0 Å². The topological polar surface area (TPSA) is 87.6 Å². The van der Waals surface area contributed by atoms with E-state index in [0.29, 0.717) is 0 Å². The normalized spacial score (nSPS) is 11.8. The molecule has 0 aliphatic rings. The molecule has 1 aromatic carbocycles. The van der Waals surface area contributed by atoms with Crippen LogP contribution in [0.15, 0.2) is 24.3 Å². The van der Waals surface area contributed by atoms with E-state index in [4.69, 9.17) is 4.74 Å². The number of hydrogen-bond donors (Lipinski definition) is 1. The Morgan fingerprint density at radius 3 is 2.28 bits per heavy atom. The number of hydrogen-bond acceptors (Lipinski definition) is 5. The molecule has 5 nitrogen and oxygen atoms in total. The van der Waals surface area contributed by atoms with Gasteiger partial charge >= 0.3 is 15.6 Å². The minimum absolute atomic E-state index is 0. The molecule has 0 saturated heterocycles. The molecule has 0 unspecified atom stereocenters. The largest absolute Gasteiger partial charge is 0.523 e. The number of alkyl halides is 3. The maximum Gasteiger partial charge on any atom is 0.523 e. The average molecular weight is 287 g/mol. The zero-order valence-electron chi connectivity index (χ0n) is 9.40. The number of halogens is 3. The second-order valence-electron chi connectivity index (χ2n) is 2.97. The predicted octanol–water partition coefficient (Wildman–Crippen LogP) is 2.22. The van der Waals surface area contributed by atoms with E-state index in [1.807, 2.05) is 0 Å². The molecule has 0 radical (unpaired) electrons. The molecule has 0 aromatic heterocycles. The summed E-state index contributed by atoms with van der Waals surface area (Å²) in [6.45, 7) is -0.730. The molecule has 0 atom stereocenters. The van der Waals surface area contributed by atoms with E-state index in [-0.39, 0.29) is 17.5 Å². The first-order valence-corrected chi connectivity index (χ1v) is 5.76. The maximum atomic E-state index is 12.0. The highest BCUT2D eigenvalue weighted by Crippen LogP contribution is 2.27. The van der Waals surface area contributed by atoms with Crippen LogP contribution in [0.1, 0.15) is 5.56 Å². The van der Waals surface area contributed by atoms with Crippen LogP contribution in [0, 0.1) is 0 Å². The van der Waals surface area contributed by atoms with Crippen LogP contribution in [0.5, 0.6) is 5.75 Å². The van der Waals surface area contributed by atoms with Gasteiger partial charge in [-0.3, -0.25) is 4.18 Å². The molecule has 0 fully saturated rings. The highest BCUT2D eigenvalue weighted by molar-refractivity contribution is 7.87. The lowest BCUT2D eigenvalue weighted by atomic mass is 10.2. The van der Waals surface area contributed by atoms with Gasteiger partial charge in [-0.25, -0.2) is 0 Å². The quantitative estimate of drug-likeness (QED) is 0.677. The Hall–Kier alpha value is -1.32. The zero-order valence-corrected chi connectivity index (χ0v) is 10.2. The molecule has 104 valence electrons. The third kappa shape index (κ3) is 3.86. The van der Waals surface area contributed by atoms with E-state index in [1.54, 1.807) is 6.07 Å². The molecule has 0 aliphatic heterocycles. The highest BCUT2D eigenvalue weighted by atomic mass is 32.2. The second kappa shape index (κ2) is 6.03. The Labute approximate surface area is 102 Å². The molecule has 1 aromatic rings. The summed E-state index contributed by atoms with van der Waals surface area (Å²) in [5, 5.41) is 0. The zero-order chi connectivity index (χ0) is 13.1. The molecule has 1 rings (SSSR count). The summed E-state index contributed by atoms with van der Waals surface area (Å²) in [4.78, 5) is 0. The molecular formula is C9H12F3NO4S. The van der Waals surface area contributed by atoms with E-state index in [1.165, 1.54) is 25.3 Å². The Kier molecular flexibility index (Phi) is 5.58. The van der Waals surface area contributed by atoms with Crippen molar-refractivity contribution < 1.29 is 30.5 Å². The number of methoxy groups -OCH3 is 1. The van der Waals surface area contributed by atoms with Crippen LogP contribution in [0.4, 0.5) is 13.2 Å². The lowest BCUT2D eigenvalue weighted by Gasteiger charge is -2.10. The van der Waals surface area contributed by atoms with Gasteiger partial charge in [0.15, 0.2) is 0 Å². The van der Waals surface area contributed by atoms with Crippen LogP contribution >= 0.6 is 0 Å². The van der Waals surface area contributed by atoms with Crippen molar-refractivity contribution in [3.8, 4) is 5.75 Å². The van der Waals surface area contributed by atoms with Crippen molar-refractivity contribution in [2.75, 3.05) is 7.11 Å². The smallest absolute Gasteiger partial charge is 0.496 e. The monoisotopic (exact) mass is 287 g/mol. The van der Waals surface area contributed by atoms with E-state index in [9.17, 15) is 21.6 Å². The van der Waals surface area contributed by atoms with Gasteiger partial charge < -0.3 is 10.9 Å². The van der Waals surface area contributed by atoms with Crippen molar-refractivity contribution in [1.29, 1.82) is 0 Å². The van der Waals surface area contributed by atoms with Crippen LogP contribution < -0.4 is 10.9 Å². The summed E-state index contributed by atoms with van der Waals surface area (Å²) in [5.74, 6) is 0.255.